The number of carbonyl (C=O) groups is 2. The summed E-state index contributed by atoms with van der Waals surface area (Å²) in [4.78, 5) is 31.3. The van der Waals surface area contributed by atoms with Crippen molar-refractivity contribution in [3.8, 4) is 0 Å². The molecule has 0 aliphatic carbocycles. The van der Waals surface area contributed by atoms with E-state index in [9.17, 15) is 9.59 Å². The standard InChI is InChI=1S/C9H8Cl2N4O3/c10-6-5(12)7(11)14-9(13-6)15-2-3(8(17)18)1-4(15)16/h3H,1-2,12H2,(H,17,18). The minimum absolute atomic E-state index is 0.00918. The molecule has 0 bridgehead atoms. The molecular weight excluding hydrogens is 283 g/mol. The van der Waals surface area contributed by atoms with Gasteiger partial charge in [-0.25, -0.2) is 0 Å². The number of aromatic nitrogens is 2. The van der Waals surface area contributed by atoms with Crippen molar-refractivity contribution < 1.29 is 14.7 Å². The number of hydrogen-bond donors (Lipinski definition) is 2. The molecule has 1 unspecified atom stereocenters. The number of hydrogen-bond acceptors (Lipinski definition) is 5. The van der Waals surface area contributed by atoms with Gasteiger partial charge >= 0.3 is 5.97 Å². The summed E-state index contributed by atoms with van der Waals surface area (Å²) >= 11 is 11.5. The first-order valence-corrected chi connectivity index (χ1v) is 5.67. The summed E-state index contributed by atoms with van der Waals surface area (Å²) in [6, 6.07) is 0. The fourth-order valence-corrected chi connectivity index (χ4v) is 1.97. The predicted molar refractivity (Wildman–Crippen MR) is 64.6 cm³/mol. The van der Waals surface area contributed by atoms with Gasteiger partial charge in [0.1, 0.15) is 5.69 Å². The summed E-state index contributed by atoms with van der Waals surface area (Å²) in [7, 11) is 0. The molecule has 1 aliphatic rings. The highest BCUT2D eigenvalue weighted by atomic mass is 35.5. The lowest BCUT2D eigenvalue weighted by Gasteiger charge is -2.14. The maximum Gasteiger partial charge on any atom is 0.308 e. The smallest absolute Gasteiger partial charge is 0.308 e. The molecule has 9 heteroatoms. The Bertz CT molecular complexity index is 514. The number of aliphatic carboxylic acids is 1. The lowest BCUT2D eigenvalue weighted by Crippen LogP contribution is -2.28. The van der Waals surface area contributed by atoms with Crippen LogP contribution in [0.4, 0.5) is 11.6 Å². The maximum atomic E-state index is 11.7. The number of amides is 1. The van der Waals surface area contributed by atoms with Crippen molar-refractivity contribution in [2.45, 2.75) is 6.42 Å². The van der Waals surface area contributed by atoms with Gasteiger partial charge in [0.2, 0.25) is 11.9 Å². The summed E-state index contributed by atoms with van der Waals surface area (Å²) in [5, 5.41) is 8.71. The zero-order valence-electron chi connectivity index (χ0n) is 8.93. The first-order valence-electron chi connectivity index (χ1n) is 4.92. The molecule has 1 saturated heterocycles. The second-order valence-corrected chi connectivity index (χ2v) is 4.48. The van der Waals surface area contributed by atoms with E-state index >= 15 is 0 Å². The van der Waals surface area contributed by atoms with Crippen molar-refractivity contribution in [2.24, 2.45) is 5.92 Å². The molecule has 1 aliphatic heterocycles. The fourth-order valence-electron chi connectivity index (χ4n) is 1.59. The molecule has 0 spiro atoms. The van der Waals surface area contributed by atoms with Crippen LogP contribution in [0.1, 0.15) is 6.42 Å². The number of nitrogens with zero attached hydrogens (tertiary/aromatic N) is 3. The van der Waals surface area contributed by atoms with Crippen LogP contribution in [0.25, 0.3) is 0 Å². The van der Waals surface area contributed by atoms with Crippen LogP contribution in [0.15, 0.2) is 0 Å². The third kappa shape index (κ3) is 2.19. The number of nitrogen functional groups attached to an aromatic ring is 1. The maximum absolute atomic E-state index is 11.7. The zero-order valence-corrected chi connectivity index (χ0v) is 10.4. The molecule has 0 radical (unpaired) electrons. The predicted octanol–water partition coefficient (Wildman–Crippen LogP) is 0.803. The summed E-state index contributed by atoms with van der Waals surface area (Å²) in [6.45, 7) is -0.00918. The molecule has 18 heavy (non-hydrogen) atoms. The topological polar surface area (TPSA) is 109 Å². The molecule has 3 N–H and O–H groups in total. The van der Waals surface area contributed by atoms with Crippen LogP contribution in [0.3, 0.4) is 0 Å². The second-order valence-electron chi connectivity index (χ2n) is 3.76. The Kier molecular flexibility index (Phi) is 3.27. The number of nitrogens with two attached hydrogens (primary N) is 1. The highest BCUT2D eigenvalue weighted by Gasteiger charge is 2.36. The Labute approximate surface area is 112 Å². The Balaban J connectivity index is 2.33. The molecule has 0 saturated carbocycles. The van der Waals surface area contributed by atoms with Crippen LogP contribution in [-0.4, -0.2) is 33.5 Å². The number of rotatable bonds is 2. The van der Waals surface area contributed by atoms with E-state index < -0.39 is 11.9 Å². The van der Waals surface area contributed by atoms with E-state index in [0.717, 1.165) is 4.90 Å². The summed E-state index contributed by atoms with van der Waals surface area (Å²) in [6.07, 6.45) is -0.0989. The summed E-state index contributed by atoms with van der Waals surface area (Å²) < 4.78 is 0. The van der Waals surface area contributed by atoms with Crippen LogP contribution in [0.5, 0.6) is 0 Å². The van der Waals surface area contributed by atoms with Crippen LogP contribution >= 0.6 is 23.2 Å². The lowest BCUT2D eigenvalue weighted by molar-refractivity contribution is -0.141. The average Bonchev–Trinajstić information content (AvgIpc) is 2.68. The van der Waals surface area contributed by atoms with E-state index in [2.05, 4.69) is 9.97 Å². The lowest BCUT2D eigenvalue weighted by atomic mass is 10.1. The zero-order chi connectivity index (χ0) is 13.4. The third-order valence-electron chi connectivity index (χ3n) is 2.56. The molecule has 1 amide bonds. The molecule has 96 valence electrons. The number of carboxylic acids is 1. The quantitative estimate of drug-likeness (QED) is 0.780. The van der Waals surface area contributed by atoms with Gasteiger partial charge in [0.25, 0.3) is 0 Å². The number of carbonyl (C=O) groups excluding carboxylic acids is 1. The van der Waals surface area contributed by atoms with Gasteiger partial charge < -0.3 is 10.8 Å². The van der Waals surface area contributed by atoms with Gasteiger partial charge in [0, 0.05) is 13.0 Å². The van der Waals surface area contributed by atoms with E-state index in [0.29, 0.717) is 0 Å². The van der Waals surface area contributed by atoms with Crippen LogP contribution in [0, 0.1) is 5.92 Å². The Morgan fingerprint density at radius 2 is 1.94 bits per heavy atom. The Morgan fingerprint density at radius 1 is 1.39 bits per heavy atom. The van der Waals surface area contributed by atoms with Crippen molar-refractivity contribution >= 4 is 46.7 Å². The molecule has 1 aromatic rings. The first kappa shape index (κ1) is 12.8. The fraction of sp³-hybridized carbons (Fsp3) is 0.333. The molecule has 7 nitrogen and oxygen atoms in total. The van der Waals surface area contributed by atoms with Gasteiger partial charge in [-0.15, -0.1) is 0 Å². The third-order valence-corrected chi connectivity index (χ3v) is 3.13. The van der Waals surface area contributed by atoms with E-state index in [1.54, 1.807) is 0 Å². The highest BCUT2D eigenvalue weighted by Crippen LogP contribution is 2.29. The van der Waals surface area contributed by atoms with E-state index in [1.165, 1.54) is 0 Å². The Hall–Kier alpha value is -1.60. The van der Waals surface area contributed by atoms with Gasteiger partial charge in [-0.05, 0) is 0 Å². The Morgan fingerprint density at radius 3 is 2.39 bits per heavy atom. The van der Waals surface area contributed by atoms with Gasteiger partial charge in [-0.1, -0.05) is 23.2 Å². The minimum Gasteiger partial charge on any atom is -0.481 e. The number of anilines is 2. The van der Waals surface area contributed by atoms with Crippen molar-refractivity contribution in [1.29, 1.82) is 0 Å². The van der Waals surface area contributed by atoms with E-state index in [4.69, 9.17) is 34.0 Å². The number of carboxylic acid groups (broad SMARTS) is 1. The van der Waals surface area contributed by atoms with Crippen molar-refractivity contribution in [1.82, 2.24) is 9.97 Å². The van der Waals surface area contributed by atoms with E-state index in [1.807, 2.05) is 0 Å². The summed E-state index contributed by atoms with van der Waals surface area (Å²) in [5.74, 6) is -2.25. The van der Waals surface area contributed by atoms with Gasteiger partial charge in [-0.2, -0.15) is 9.97 Å². The molecule has 0 aromatic carbocycles. The van der Waals surface area contributed by atoms with Crippen molar-refractivity contribution in [3.63, 3.8) is 0 Å². The molecule has 1 aromatic heterocycles. The second kappa shape index (κ2) is 4.58. The average molecular weight is 291 g/mol. The molecule has 2 rings (SSSR count). The molecular formula is C9H8Cl2N4O3. The summed E-state index contributed by atoms with van der Waals surface area (Å²) in [5.41, 5.74) is 5.49. The van der Waals surface area contributed by atoms with Crippen LogP contribution < -0.4 is 10.6 Å². The normalized spacial score (nSPS) is 19.3. The van der Waals surface area contributed by atoms with Crippen LogP contribution in [-0.2, 0) is 9.59 Å². The van der Waals surface area contributed by atoms with Crippen molar-refractivity contribution in [2.75, 3.05) is 17.2 Å². The largest absolute Gasteiger partial charge is 0.481 e. The molecule has 1 fully saturated rings. The first-order chi connectivity index (χ1) is 8.40. The monoisotopic (exact) mass is 290 g/mol. The molecule has 2 heterocycles. The number of halogens is 2. The molecule has 1 atom stereocenters. The minimum atomic E-state index is -1.04. The van der Waals surface area contributed by atoms with Gasteiger partial charge in [0.15, 0.2) is 10.3 Å². The van der Waals surface area contributed by atoms with Gasteiger partial charge in [-0.3, -0.25) is 14.5 Å². The SMILES string of the molecule is Nc1c(Cl)nc(N2CC(C(=O)O)CC2=O)nc1Cl. The van der Waals surface area contributed by atoms with Crippen molar-refractivity contribution in [3.05, 3.63) is 10.3 Å². The van der Waals surface area contributed by atoms with Gasteiger partial charge in [0.05, 0.1) is 5.92 Å². The highest BCUT2D eigenvalue weighted by molar-refractivity contribution is 6.37. The van der Waals surface area contributed by atoms with Crippen LogP contribution in [0.2, 0.25) is 10.3 Å². The van der Waals surface area contributed by atoms with E-state index in [-0.39, 0.29) is 40.8 Å².